The average Bonchev–Trinajstić information content (AvgIpc) is 2.88. The van der Waals surface area contributed by atoms with E-state index in [9.17, 15) is 15.0 Å². The molecule has 3 heterocycles. The van der Waals surface area contributed by atoms with Crippen LogP contribution in [0.15, 0.2) is 42.0 Å². The summed E-state index contributed by atoms with van der Waals surface area (Å²) in [6, 6.07) is 3.20. The van der Waals surface area contributed by atoms with Crippen LogP contribution in [0.3, 0.4) is 0 Å². The standard InChI is InChI=1S/C32H44O6/c1-6-30-22(4)12-13-32(38-30)18-26-16-25(37-32)11-10-21(3)14-20(2)8-7-9-24(19-33)27-17-29(34)23(5)15-28(27)31(35)36-26/h7-10,15,17,20,22,25-26,30,33-34H,6,11-14,16,18-19H2,1-5H3. The van der Waals surface area contributed by atoms with Crippen molar-refractivity contribution in [1.29, 1.82) is 0 Å². The van der Waals surface area contributed by atoms with E-state index < -0.39 is 11.8 Å². The minimum Gasteiger partial charge on any atom is -0.508 e. The Hall–Kier alpha value is -2.41. The predicted molar refractivity (Wildman–Crippen MR) is 149 cm³/mol. The highest BCUT2D eigenvalue weighted by atomic mass is 16.7. The maximum Gasteiger partial charge on any atom is 0.339 e. The number of benzene rings is 1. The van der Waals surface area contributed by atoms with E-state index in [1.165, 1.54) is 5.57 Å². The molecular weight excluding hydrogens is 480 g/mol. The number of aliphatic hydroxyl groups excluding tert-OH is 1. The third kappa shape index (κ3) is 6.59. The maximum atomic E-state index is 13.6. The maximum absolute atomic E-state index is 13.6. The summed E-state index contributed by atoms with van der Waals surface area (Å²) in [6.45, 7) is 10.2. The van der Waals surface area contributed by atoms with Gasteiger partial charge in [0.1, 0.15) is 11.9 Å². The van der Waals surface area contributed by atoms with E-state index in [-0.39, 0.29) is 30.7 Å². The zero-order valence-corrected chi connectivity index (χ0v) is 23.5. The summed E-state index contributed by atoms with van der Waals surface area (Å²) in [5.41, 5.74) is 3.23. The number of aromatic hydroxyl groups is 1. The average molecular weight is 525 g/mol. The fourth-order valence-electron chi connectivity index (χ4n) is 6.09. The number of rotatable bonds is 2. The Balaban J connectivity index is 1.74. The third-order valence-corrected chi connectivity index (χ3v) is 8.29. The first kappa shape index (κ1) is 28.6. The van der Waals surface area contributed by atoms with E-state index in [2.05, 4.69) is 39.8 Å². The smallest absolute Gasteiger partial charge is 0.339 e. The molecule has 2 saturated heterocycles. The second kappa shape index (κ2) is 12.2. The summed E-state index contributed by atoms with van der Waals surface area (Å²) in [4.78, 5) is 13.6. The number of allylic oxidation sites excluding steroid dienone is 4. The molecule has 3 aliphatic rings. The van der Waals surface area contributed by atoms with Crippen molar-refractivity contribution in [2.45, 2.75) is 104 Å². The van der Waals surface area contributed by atoms with Crippen molar-refractivity contribution < 1.29 is 29.2 Å². The summed E-state index contributed by atoms with van der Waals surface area (Å²) in [5, 5.41) is 20.6. The molecule has 1 aromatic carbocycles. The van der Waals surface area contributed by atoms with E-state index in [0.717, 1.165) is 32.1 Å². The van der Waals surface area contributed by atoms with Crippen LogP contribution in [0.2, 0.25) is 0 Å². The van der Waals surface area contributed by atoms with Crippen molar-refractivity contribution in [3.05, 3.63) is 58.7 Å². The summed E-state index contributed by atoms with van der Waals surface area (Å²) in [7, 11) is 0. The largest absolute Gasteiger partial charge is 0.508 e. The molecule has 3 aliphatic heterocycles. The number of carbonyl (C=O) groups is 1. The van der Waals surface area contributed by atoms with Crippen molar-refractivity contribution >= 4 is 11.5 Å². The van der Waals surface area contributed by atoms with E-state index in [4.69, 9.17) is 14.2 Å². The number of phenols is 1. The van der Waals surface area contributed by atoms with Crippen LogP contribution in [-0.2, 0) is 14.2 Å². The molecule has 0 aliphatic carbocycles. The Labute approximate surface area is 227 Å². The number of phenolic OH excluding ortho intramolecular Hbond substituents is 1. The molecular formula is C32H44O6. The Morgan fingerprint density at radius 1 is 1.11 bits per heavy atom. The van der Waals surface area contributed by atoms with E-state index in [1.807, 2.05) is 12.2 Å². The molecule has 4 rings (SSSR count). The van der Waals surface area contributed by atoms with Crippen molar-refractivity contribution in [1.82, 2.24) is 0 Å². The van der Waals surface area contributed by atoms with Crippen LogP contribution < -0.4 is 0 Å². The fraction of sp³-hybridized carbons (Fsp3) is 0.594. The second-order valence-electron chi connectivity index (χ2n) is 11.6. The molecule has 1 spiro atoms. The molecule has 2 fully saturated rings. The topological polar surface area (TPSA) is 85.2 Å². The van der Waals surface area contributed by atoms with Gasteiger partial charge < -0.3 is 24.4 Å². The molecule has 0 radical (unpaired) electrons. The lowest BCUT2D eigenvalue weighted by molar-refractivity contribution is -0.334. The van der Waals surface area contributed by atoms with Gasteiger partial charge >= 0.3 is 5.97 Å². The van der Waals surface area contributed by atoms with Crippen LogP contribution in [0.4, 0.5) is 0 Å². The SMILES string of the molecule is CCC1OC2(CCC1C)CC1CC(CC=C(C)CC(C)C=CC=C(CO)c3cc(O)c(C)cc3C(=O)O1)O2. The first-order valence-corrected chi connectivity index (χ1v) is 14.2. The lowest BCUT2D eigenvalue weighted by Gasteiger charge is -2.49. The Bertz CT molecular complexity index is 1100. The Morgan fingerprint density at radius 2 is 1.89 bits per heavy atom. The highest BCUT2D eigenvalue weighted by molar-refractivity contribution is 5.96. The number of fused-ring (bicyclic) bond motifs is 3. The number of aliphatic hydroxyl groups is 1. The number of esters is 1. The third-order valence-electron chi connectivity index (χ3n) is 8.29. The summed E-state index contributed by atoms with van der Waals surface area (Å²) in [5.74, 6) is -0.386. The minimum atomic E-state index is -0.756. The number of hydrogen-bond donors (Lipinski definition) is 2. The van der Waals surface area contributed by atoms with Crippen molar-refractivity contribution in [3.63, 3.8) is 0 Å². The van der Waals surface area contributed by atoms with Crippen LogP contribution in [-0.4, -0.2) is 46.9 Å². The number of carbonyl (C=O) groups excluding carboxylic acids is 1. The van der Waals surface area contributed by atoms with Gasteiger partial charge in [-0.3, -0.25) is 0 Å². The molecule has 6 heteroatoms. The molecule has 0 amide bonds. The Morgan fingerprint density at radius 3 is 2.63 bits per heavy atom. The van der Waals surface area contributed by atoms with Gasteiger partial charge in [-0.1, -0.05) is 50.6 Å². The molecule has 6 atom stereocenters. The first-order chi connectivity index (χ1) is 18.1. The molecule has 2 bridgehead atoms. The highest BCUT2D eigenvalue weighted by Gasteiger charge is 2.48. The number of hydrogen-bond acceptors (Lipinski definition) is 6. The van der Waals surface area contributed by atoms with E-state index in [1.54, 1.807) is 19.1 Å². The van der Waals surface area contributed by atoms with Gasteiger partial charge in [0, 0.05) is 19.3 Å². The zero-order chi connectivity index (χ0) is 27.4. The van der Waals surface area contributed by atoms with Gasteiger partial charge in [-0.05, 0) is 80.2 Å². The van der Waals surface area contributed by atoms with E-state index >= 15 is 0 Å². The molecule has 38 heavy (non-hydrogen) atoms. The van der Waals surface area contributed by atoms with Gasteiger partial charge in [0.05, 0.1) is 24.4 Å². The van der Waals surface area contributed by atoms with Gasteiger partial charge in [-0.15, -0.1) is 0 Å². The fourth-order valence-corrected chi connectivity index (χ4v) is 6.09. The van der Waals surface area contributed by atoms with Gasteiger partial charge in [-0.25, -0.2) is 4.79 Å². The molecule has 1 aromatic rings. The second-order valence-corrected chi connectivity index (χ2v) is 11.6. The van der Waals surface area contributed by atoms with Crippen LogP contribution in [0, 0.1) is 18.8 Å². The van der Waals surface area contributed by atoms with Crippen molar-refractivity contribution in [2.75, 3.05) is 6.61 Å². The quantitative estimate of drug-likeness (QED) is 0.333. The molecule has 0 aromatic heterocycles. The van der Waals surface area contributed by atoms with Crippen LogP contribution in [0.25, 0.3) is 5.57 Å². The van der Waals surface area contributed by atoms with Crippen LogP contribution in [0.5, 0.6) is 5.75 Å². The lowest BCUT2D eigenvalue weighted by atomic mass is 9.85. The molecule has 2 N–H and O–H groups in total. The van der Waals surface area contributed by atoms with Gasteiger partial charge in [-0.2, -0.15) is 0 Å². The van der Waals surface area contributed by atoms with Gasteiger partial charge in [0.25, 0.3) is 0 Å². The minimum absolute atomic E-state index is 0.0730. The molecule has 0 saturated carbocycles. The summed E-state index contributed by atoms with van der Waals surface area (Å²) < 4.78 is 19.5. The normalized spacial score (nSPS) is 32.8. The summed E-state index contributed by atoms with van der Waals surface area (Å²) in [6.07, 6.45) is 13.1. The molecule has 6 nitrogen and oxygen atoms in total. The predicted octanol–water partition coefficient (Wildman–Crippen LogP) is 6.63. The monoisotopic (exact) mass is 524 g/mol. The first-order valence-electron chi connectivity index (χ1n) is 14.2. The molecule has 6 unspecified atom stereocenters. The van der Waals surface area contributed by atoms with Gasteiger partial charge in [0.15, 0.2) is 5.79 Å². The van der Waals surface area contributed by atoms with Crippen molar-refractivity contribution in [2.24, 2.45) is 11.8 Å². The number of ether oxygens (including phenoxy) is 3. The van der Waals surface area contributed by atoms with E-state index in [0.29, 0.717) is 46.9 Å². The zero-order valence-electron chi connectivity index (χ0n) is 23.5. The Kier molecular flexibility index (Phi) is 9.17. The van der Waals surface area contributed by atoms with Gasteiger partial charge in [0.2, 0.25) is 0 Å². The summed E-state index contributed by atoms with van der Waals surface area (Å²) >= 11 is 0. The lowest BCUT2D eigenvalue weighted by Crippen LogP contribution is -2.54. The van der Waals surface area contributed by atoms with Crippen molar-refractivity contribution in [3.8, 4) is 5.75 Å². The van der Waals surface area contributed by atoms with Crippen LogP contribution >= 0.6 is 0 Å². The van der Waals surface area contributed by atoms with Crippen LogP contribution in [0.1, 0.15) is 94.1 Å². The molecule has 208 valence electrons. The highest BCUT2D eigenvalue weighted by Crippen LogP contribution is 2.43. The number of aryl methyl sites for hydroxylation is 1.